The Kier molecular flexibility index (Phi) is 5.71. The maximum atomic E-state index is 11.9. The highest BCUT2D eigenvalue weighted by Crippen LogP contribution is 2.21. The third kappa shape index (κ3) is 5.07. The van der Waals surface area contributed by atoms with E-state index in [1.165, 1.54) is 13.2 Å². The lowest BCUT2D eigenvalue weighted by molar-refractivity contribution is -0.140. The first-order valence-electron chi connectivity index (χ1n) is 6.17. The molecular formula is C13H17NO6S. The number of sulfonamides is 1. The first kappa shape index (κ1) is 17.0. The molecule has 0 aliphatic carbocycles. The first-order chi connectivity index (χ1) is 9.76. The average Bonchev–Trinajstić information content (AvgIpc) is 2.37. The number of nitrogens with one attached hydrogen (secondary N) is 1. The van der Waals surface area contributed by atoms with Crippen LogP contribution in [-0.2, 0) is 19.6 Å². The van der Waals surface area contributed by atoms with Crippen LogP contribution in [0, 0.1) is 6.92 Å². The highest BCUT2D eigenvalue weighted by Gasteiger charge is 2.18. The van der Waals surface area contributed by atoms with Crippen molar-refractivity contribution in [3.05, 3.63) is 29.3 Å². The topological polar surface area (TPSA) is 110 Å². The molecule has 21 heavy (non-hydrogen) atoms. The number of carbonyl (C=O) groups is 2. The molecule has 0 saturated carbocycles. The van der Waals surface area contributed by atoms with Crippen molar-refractivity contribution in [2.75, 3.05) is 17.6 Å². The van der Waals surface area contributed by atoms with Gasteiger partial charge in [-0.3, -0.25) is 9.52 Å². The highest BCUT2D eigenvalue weighted by atomic mass is 32.2. The van der Waals surface area contributed by atoms with E-state index in [-0.39, 0.29) is 29.8 Å². The van der Waals surface area contributed by atoms with Gasteiger partial charge in [0, 0.05) is 6.42 Å². The van der Waals surface area contributed by atoms with Crippen LogP contribution in [0.2, 0.25) is 0 Å². The van der Waals surface area contributed by atoms with Crippen LogP contribution >= 0.6 is 0 Å². The number of ether oxygens (including phenoxy) is 1. The number of carboxylic acid groups (broad SMARTS) is 1. The van der Waals surface area contributed by atoms with Crippen molar-refractivity contribution < 1.29 is 27.9 Å². The lowest BCUT2D eigenvalue weighted by Crippen LogP contribution is -2.19. The number of methoxy groups -OCH3 is 1. The Hall–Kier alpha value is -2.09. The second-order valence-electron chi connectivity index (χ2n) is 4.40. The van der Waals surface area contributed by atoms with Gasteiger partial charge < -0.3 is 9.84 Å². The minimum Gasteiger partial charge on any atom is -0.478 e. The first-order valence-corrected chi connectivity index (χ1v) is 7.82. The second kappa shape index (κ2) is 7.07. The summed E-state index contributed by atoms with van der Waals surface area (Å²) in [4.78, 5) is 22.1. The molecule has 0 heterocycles. The smallest absolute Gasteiger partial charge is 0.338 e. The number of aromatic carboxylic acids is 1. The SMILES string of the molecule is COC(=O)CCCS(=O)(=O)Nc1cccc(C)c1C(=O)O. The van der Waals surface area contributed by atoms with E-state index in [1.807, 2.05) is 0 Å². The molecule has 0 fully saturated rings. The molecule has 0 aromatic heterocycles. The number of hydrogen-bond donors (Lipinski definition) is 2. The van der Waals surface area contributed by atoms with E-state index in [0.29, 0.717) is 5.56 Å². The fraction of sp³-hybridized carbons (Fsp3) is 0.385. The molecule has 2 N–H and O–H groups in total. The quantitative estimate of drug-likeness (QED) is 0.736. The number of carbonyl (C=O) groups excluding carboxylic acids is 1. The lowest BCUT2D eigenvalue weighted by Gasteiger charge is -2.12. The van der Waals surface area contributed by atoms with Crippen LogP contribution in [0.1, 0.15) is 28.8 Å². The molecule has 0 atom stereocenters. The maximum absolute atomic E-state index is 11.9. The molecule has 0 aliphatic heterocycles. The Morgan fingerprint density at radius 1 is 1.33 bits per heavy atom. The number of benzene rings is 1. The van der Waals surface area contributed by atoms with Crippen molar-refractivity contribution >= 4 is 27.6 Å². The third-order valence-corrected chi connectivity index (χ3v) is 4.13. The predicted octanol–water partition coefficient (Wildman–Crippen LogP) is 1.39. The minimum absolute atomic E-state index is 0.0144. The Morgan fingerprint density at radius 2 is 2.00 bits per heavy atom. The van der Waals surface area contributed by atoms with Gasteiger partial charge in [0.1, 0.15) is 0 Å². The Balaban J connectivity index is 2.83. The molecule has 0 saturated heterocycles. The summed E-state index contributed by atoms with van der Waals surface area (Å²) in [5.41, 5.74) is 0.381. The van der Waals surface area contributed by atoms with E-state index in [2.05, 4.69) is 9.46 Å². The zero-order chi connectivity index (χ0) is 16.0. The Bertz CT molecular complexity index is 638. The summed E-state index contributed by atoms with van der Waals surface area (Å²) in [6, 6.07) is 4.53. The van der Waals surface area contributed by atoms with Crippen LogP contribution in [0.25, 0.3) is 0 Å². The molecule has 1 rings (SSSR count). The summed E-state index contributed by atoms with van der Waals surface area (Å²) in [5, 5.41) is 9.13. The zero-order valence-electron chi connectivity index (χ0n) is 11.8. The molecule has 1 aromatic rings. The van der Waals surface area contributed by atoms with Crippen LogP contribution in [-0.4, -0.2) is 38.3 Å². The Labute approximate surface area is 123 Å². The lowest BCUT2D eigenvalue weighted by atomic mass is 10.1. The average molecular weight is 315 g/mol. The molecule has 1 aromatic carbocycles. The van der Waals surface area contributed by atoms with Crippen molar-refractivity contribution in [3.8, 4) is 0 Å². The molecule has 0 spiro atoms. The van der Waals surface area contributed by atoms with Gasteiger partial charge >= 0.3 is 11.9 Å². The van der Waals surface area contributed by atoms with Crippen LogP contribution in [0.3, 0.4) is 0 Å². The van der Waals surface area contributed by atoms with Crippen LogP contribution in [0.15, 0.2) is 18.2 Å². The van der Waals surface area contributed by atoms with Gasteiger partial charge in [0.25, 0.3) is 0 Å². The monoisotopic (exact) mass is 315 g/mol. The summed E-state index contributed by atoms with van der Waals surface area (Å²) >= 11 is 0. The van der Waals surface area contributed by atoms with Crippen LogP contribution in [0.4, 0.5) is 5.69 Å². The fourth-order valence-corrected chi connectivity index (χ4v) is 2.90. The molecule has 8 heteroatoms. The molecule has 0 amide bonds. The third-order valence-electron chi connectivity index (χ3n) is 2.77. The van der Waals surface area contributed by atoms with E-state index in [9.17, 15) is 18.0 Å². The van der Waals surface area contributed by atoms with E-state index in [1.54, 1.807) is 19.1 Å². The van der Waals surface area contributed by atoms with E-state index < -0.39 is 22.0 Å². The van der Waals surface area contributed by atoms with Gasteiger partial charge in [-0.05, 0) is 25.0 Å². The van der Waals surface area contributed by atoms with Crippen LogP contribution < -0.4 is 4.72 Å². The predicted molar refractivity (Wildman–Crippen MR) is 76.8 cm³/mol. The summed E-state index contributed by atoms with van der Waals surface area (Å²) in [6.45, 7) is 1.58. The molecule has 116 valence electrons. The van der Waals surface area contributed by atoms with Gasteiger partial charge in [0.15, 0.2) is 0 Å². The Morgan fingerprint density at radius 3 is 2.57 bits per heavy atom. The standard InChI is InChI=1S/C13H17NO6S/c1-9-5-3-6-10(12(9)13(16)17)14-21(18,19)8-4-7-11(15)20-2/h3,5-6,14H,4,7-8H2,1-2H3,(H,16,17). The van der Waals surface area contributed by atoms with Gasteiger partial charge in [-0.1, -0.05) is 12.1 Å². The van der Waals surface area contributed by atoms with Crippen molar-refractivity contribution in [2.24, 2.45) is 0 Å². The normalized spacial score (nSPS) is 11.0. The number of aryl methyl sites for hydroxylation is 1. The van der Waals surface area contributed by atoms with Gasteiger partial charge in [0.05, 0.1) is 24.1 Å². The van der Waals surface area contributed by atoms with Gasteiger partial charge in [-0.2, -0.15) is 0 Å². The second-order valence-corrected chi connectivity index (χ2v) is 6.25. The van der Waals surface area contributed by atoms with Gasteiger partial charge in [0.2, 0.25) is 10.0 Å². The van der Waals surface area contributed by atoms with E-state index in [4.69, 9.17) is 5.11 Å². The largest absolute Gasteiger partial charge is 0.478 e. The summed E-state index contributed by atoms with van der Waals surface area (Å²) in [6.07, 6.45) is 0.0766. The maximum Gasteiger partial charge on any atom is 0.338 e. The molecule has 0 aliphatic rings. The molecule has 7 nitrogen and oxygen atoms in total. The molecular weight excluding hydrogens is 298 g/mol. The highest BCUT2D eigenvalue weighted by molar-refractivity contribution is 7.92. The van der Waals surface area contributed by atoms with Crippen molar-refractivity contribution in [1.82, 2.24) is 0 Å². The number of anilines is 1. The fourth-order valence-electron chi connectivity index (χ4n) is 1.76. The van der Waals surface area contributed by atoms with Gasteiger partial charge in [-0.25, -0.2) is 13.2 Å². The molecule has 0 unspecified atom stereocenters. The number of carboxylic acids is 1. The summed E-state index contributed by atoms with van der Waals surface area (Å²) < 4.78 is 30.5. The van der Waals surface area contributed by atoms with Crippen LogP contribution in [0.5, 0.6) is 0 Å². The zero-order valence-corrected chi connectivity index (χ0v) is 12.6. The number of rotatable bonds is 7. The molecule has 0 radical (unpaired) electrons. The summed E-state index contributed by atoms with van der Waals surface area (Å²) in [7, 11) is -2.51. The van der Waals surface area contributed by atoms with Crippen molar-refractivity contribution in [3.63, 3.8) is 0 Å². The van der Waals surface area contributed by atoms with Crippen molar-refractivity contribution in [2.45, 2.75) is 19.8 Å². The number of esters is 1. The van der Waals surface area contributed by atoms with Gasteiger partial charge in [-0.15, -0.1) is 0 Å². The van der Waals surface area contributed by atoms with E-state index >= 15 is 0 Å². The molecule has 0 bridgehead atoms. The number of hydrogen-bond acceptors (Lipinski definition) is 5. The van der Waals surface area contributed by atoms with Crippen molar-refractivity contribution in [1.29, 1.82) is 0 Å². The summed E-state index contributed by atoms with van der Waals surface area (Å²) in [5.74, 6) is -2.00. The minimum atomic E-state index is -3.73. The van der Waals surface area contributed by atoms with E-state index in [0.717, 1.165) is 0 Å².